The van der Waals surface area contributed by atoms with Crippen LogP contribution >= 0.6 is 15.9 Å². The molecule has 1 saturated carbocycles. The summed E-state index contributed by atoms with van der Waals surface area (Å²) >= 11 is 3.44. The van der Waals surface area contributed by atoms with Crippen molar-refractivity contribution in [3.63, 3.8) is 0 Å². The third kappa shape index (κ3) is 5.58. The van der Waals surface area contributed by atoms with Gasteiger partial charge in [-0.25, -0.2) is 9.78 Å². The fourth-order valence-corrected chi connectivity index (χ4v) is 3.82. The first-order chi connectivity index (χ1) is 13.4. The highest BCUT2D eigenvalue weighted by atomic mass is 79.9. The molecule has 1 fully saturated rings. The van der Waals surface area contributed by atoms with E-state index in [0.717, 1.165) is 47.2 Å². The number of hydrogen-bond acceptors (Lipinski definition) is 5. The number of nitrogens with zero attached hydrogens (tertiary/aromatic N) is 3. The molecule has 0 bridgehead atoms. The summed E-state index contributed by atoms with van der Waals surface area (Å²) in [4.78, 5) is 23.1. The summed E-state index contributed by atoms with van der Waals surface area (Å²) < 4.78 is 1.00. The van der Waals surface area contributed by atoms with Gasteiger partial charge < -0.3 is 20.9 Å². The van der Waals surface area contributed by atoms with Crippen molar-refractivity contribution < 1.29 is 4.79 Å². The van der Waals surface area contributed by atoms with E-state index in [4.69, 9.17) is 0 Å². The number of hydrogen-bond donors (Lipinski definition) is 3. The Labute approximate surface area is 174 Å². The lowest BCUT2D eigenvalue weighted by Gasteiger charge is -2.29. The van der Waals surface area contributed by atoms with E-state index < -0.39 is 0 Å². The number of rotatable bonds is 5. The van der Waals surface area contributed by atoms with Gasteiger partial charge in [0.2, 0.25) is 5.95 Å². The predicted octanol–water partition coefficient (Wildman–Crippen LogP) is 4.16. The maximum absolute atomic E-state index is 12.3. The van der Waals surface area contributed by atoms with Gasteiger partial charge in [-0.2, -0.15) is 4.98 Å². The molecule has 150 valence electrons. The van der Waals surface area contributed by atoms with E-state index in [2.05, 4.69) is 41.8 Å². The second-order valence-electron chi connectivity index (χ2n) is 7.38. The van der Waals surface area contributed by atoms with Crippen LogP contribution in [0.15, 0.2) is 34.9 Å². The third-order valence-corrected chi connectivity index (χ3v) is 5.42. The molecule has 2 aromatic rings. The highest BCUT2D eigenvalue weighted by molar-refractivity contribution is 9.10. The normalized spacial score (nSPS) is 19.0. The molecule has 0 spiro atoms. The Morgan fingerprint density at radius 1 is 1.14 bits per heavy atom. The molecule has 0 unspecified atom stereocenters. The Kier molecular flexibility index (Phi) is 6.72. The lowest BCUT2D eigenvalue weighted by molar-refractivity contribution is 0.243. The monoisotopic (exact) mass is 446 g/mol. The second-order valence-corrected chi connectivity index (χ2v) is 8.30. The van der Waals surface area contributed by atoms with Crippen molar-refractivity contribution in [2.45, 2.75) is 44.7 Å². The number of anilines is 3. The fraction of sp³-hybridized carbons (Fsp3) is 0.450. The van der Waals surface area contributed by atoms with Crippen LogP contribution in [0, 0.1) is 6.92 Å². The first-order valence-electron chi connectivity index (χ1n) is 9.51. The fourth-order valence-electron chi connectivity index (χ4n) is 3.34. The predicted molar refractivity (Wildman–Crippen MR) is 117 cm³/mol. The molecule has 2 amide bonds. The van der Waals surface area contributed by atoms with Gasteiger partial charge in [0.05, 0.1) is 0 Å². The van der Waals surface area contributed by atoms with E-state index >= 15 is 0 Å². The van der Waals surface area contributed by atoms with Crippen molar-refractivity contribution in [3.05, 3.63) is 40.5 Å². The molecule has 1 heterocycles. The van der Waals surface area contributed by atoms with Gasteiger partial charge in [-0.15, -0.1) is 0 Å². The molecule has 1 aromatic heterocycles. The summed E-state index contributed by atoms with van der Waals surface area (Å²) in [5.74, 6) is 1.54. The highest BCUT2D eigenvalue weighted by Crippen LogP contribution is 2.23. The zero-order valence-corrected chi connectivity index (χ0v) is 18.1. The lowest BCUT2D eigenvalue weighted by atomic mass is 9.91. The van der Waals surface area contributed by atoms with Crippen molar-refractivity contribution >= 4 is 39.4 Å². The molecule has 0 atom stereocenters. The smallest absolute Gasteiger partial charge is 0.319 e. The molecule has 0 aliphatic heterocycles. The van der Waals surface area contributed by atoms with Gasteiger partial charge in [0.15, 0.2) is 0 Å². The zero-order chi connectivity index (χ0) is 20.1. The number of halogens is 1. The lowest BCUT2D eigenvalue weighted by Crippen LogP contribution is -2.42. The summed E-state index contributed by atoms with van der Waals surface area (Å²) in [5.41, 5.74) is 1.85. The van der Waals surface area contributed by atoms with Crippen molar-refractivity contribution in [2.75, 3.05) is 29.6 Å². The van der Waals surface area contributed by atoms with Crippen molar-refractivity contribution in [1.29, 1.82) is 0 Å². The number of carbonyl (C=O) groups excluding carboxylic acids is 1. The largest absolute Gasteiger partial charge is 0.363 e. The number of carbonyl (C=O) groups is 1. The zero-order valence-electron chi connectivity index (χ0n) is 16.5. The van der Waals surface area contributed by atoms with E-state index in [9.17, 15) is 4.79 Å². The van der Waals surface area contributed by atoms with E-state index in [1.165, 1.54) is 0 Å². The summed E-state index contributed by atoms with van der Waals surface area (Å²) in [6.07, 6.45) is 5.57. The van der Waals surface area contributed by atoms with Crippen LogP contribution in [0.3, 0.4) is 0 Å². The highest BCUT2D eigenvalue weighted by Gasteiger charge is 2.23. The summed E-state index contributed by atoms with van der Waals surface area (Å²) in [7, 11) is 3.92. The first kappa shape index (κ1) is 20.4. The molecule has 28 heavy (non-hydrogen) atoms. The van der Waals surface area contributed by atoms with E-state index in [-0.39, 0.29) is 12.1 Å². The van der Waals surface area contributed by atoms with Gasteiger partial charge in [-0.05, 0) is 62.4 Å². The van der Waals surface area contributed by atoms with Gasteiger partial charge in [-0.1, -0.05) is 15.9 Å². The minimum atomic E-state index is -0.149. The average molecular weight is 447 g/mol. The molecule has 1 aliphatic carbocycles. The van der Waals surface area contributed by atoms with Crippen molar-refractivity contribution in [2.24, 2.45) is 0 Å². The molecule has 1 aromatic carbocycles. The van der Waals surface area contributed by atoms with Crippen LogP contribution < -0.4 is 20.9 Å². The Hall–Kier alpha value is -2.35. The van der Waals surface area contributed by atoms with Gasteiger partial charge >= 0.3 is 6.03 Å². The first-order valence-corrected chi connectivity index (χ1v) is 10.3. The average Bonchev–Trinajstić information content (AvgIpc) is 2.66. The maximum Gasteiger partial charge on any atom is 0.319 e. The molecule has 3 rings (SSSR count). The van der Waals surface area contributed by atoms with Crippen LogP contribution in [-0.2, 0) is 0 Å². The topological polar surface area (TPSA) is 82.2 Å². The SMILES string of the molecule is Cc1cc(Br)ccc1NC(=O)NC1CCC(Nc2nccc(N(C)C)n2)CC1. The molecule has 3 N–H and O–H groups in total. The van der Waals surface area contributed by atoms with Crippen molar-refractivity contribution in [1.82, 2.24) is 15.3 Å². The minimum Gasteiger partial charge on any atom is -0.363 e. The molecule has 0 saturated heterocycles. The standard InChI is InChI=1S/C20H27BrN6O/c1-13-12-14(21)4-9-17(13)25-20(28)24-16-7-5-15(6-8-16)23-19-22-11-10-18(26-19)27(2)3/h4,9-12,15-16H,5-8H2,1-3H3,(H,22,23,26)(H2,24,25,28). The van der Waals surface area contributed by atoms with Gasteiger partial charge in [0.25, 0.3) is 0 Å². The Morgan fingerprint density at radius 2 is 1.86 bits per heavy atom. The molecular weight excluding hydrogens is 420 g/mol. The quantitative estimate of drug-likeness (QED) is 0.642. The van der Waals surface area contributed by atoms with E-state index in [0.29, 0.717) is 12.0 Å². The summed E-state index contributed by atoms with van der Waals surface area (Å²) in [6.45, 7) is 1.98. The van der Waals surface area contributed by atoms with Crippen LogP contribution in [0.4, 0.5) is 22.2 Å². The van der Waals surface area contributed by atoms with E-state index in [1.54, 1.807) is 6.20 Å². The Bertz CT molecular complexity index is 820. The molecule has 8 heteroatoms. The number of amides is 2. The maximum atomic E-state index is 12.3. The van der Waals surface area contributed by atoms with Crippen molar-refractivity contribution in [3.8, 4) is 0 Å². The number of nitrogens with one attached hydrogen (secondary N) is 3. The van der Waals surface area contributed by atoms with Crippen LogP contribution in [0.25, 0.3) is 0 Å². The Balaban J connectivity index is 1.46. The van der Waals surface area contributed by atoms with Crippen LogP contribution in [0.1, 0.15) is 31.2 Å². The number of aryl methyl sites for hydroxylation is 1. The summed E-state index contributed by atoms with van der Waals surface area (Å²) in [6, 6.07) is 8.06. The Morgan fingerprint density at radius 3 is 2.54 bits per heavy atom. The number of aromatic nitrogens is 2. The number of urea groups is 1. The van der Waals surface area contributed by atoms with Crippen LogP contribution in [0.5, 0.6) is 0 Å². The minimum absolute atomic E-state index is 0.149. The molecule has 1 aliphatic rings. The van der Waals surface area contributed by atoms with Crippen LogP contribution in [0.2, 0.25) is 0 Å². The van der Waals surface area contributed by atoms with Crippen LogP contribution in [-0.4, -0.2) is 42.2 Å². The molecule has 0 radical (unpaired) electrons. The van der Waals surface area contributed by atoms with E-state index in [1.807, 2.05) is 50.2 Å². The second kappa shape index (κ2) is 9.23. The van der Waals surface area contributed by atoms with Gasteiger partial charge in [0.1, 0.15) is 5.82 Å². The van der Waals surface area contributed by atoms with Gasteiger partial charge in [-0.3, -0.25) is 0 Å². The third-order valence-electron chi connectivity index (χ3n) is 4.93. The molecular formula is C20H27BrN6O. The number of benzene rings is 1. The summed E-state index contributed by atoms with van der Waals surface area (Å²) in [5, 5.41) is 9.45. The van der Waals surface area contributed by atoms with Gasteiger partial charge in [0, 0.05) is 42.5 Å². The molecule has 7 nitrogen and oxygen atoms in total.